The number of nitrogens with one attached hydrogen (secondary N) is 2. The van der Waals surface area contributed by atoms with E-state index in [1.54, 1.807) is 0 Å². The van der Waals surface area contributed by atoms with Crippen molar-refractivity contribution in [2.24, 2.45) is 0 Å². The highest BCUT2D eigenvalue weighted by Crippen LogP contribution is 2.30. The second-order valence-corrected chi connectivity index (χ2v) is 4.61. The molecule has 110 valence electrons. The van der Waals surface area contributed by atoms with E-state index in [9.17, 15) is 4.79 Å². The Hall–Kier alpha value is -1.59. The number of rotatable bonds is 7. The van der Waals surface area contributed by atoms with Gasteiger partial charge in [0.05, 0.1) is 12.5 Å². The minimum atomic E-state index is -0.376. The Morgan fingerprint density at radius 3 is 2.75 bits per heavy atom. The van der Waals surface area contributed by atoms with E-state index in [2.05, 4.69) is 10.6 Å². The van der Waals surface area contributed by atoms with E-state index < -0.39 is 0 Å². The Bertz CT molecular complexity index is 444. The van der Waals surface area contributed by atoms with Crippen molar-refractivity contribution in [3.63, 3.8) is 0 Å². The Labute approximate surface area is 119 Å². The summed E-state index contributed by atoms with van der Waals surface area (Å²) in [7, 11) is 0. The molecule has 1 atom stereocenters. The monoisotopic (exact) mass is 278 g/mol. The fourth-order valence-electron chi connectivity index (χ4n) is 2.36. The largest absolute Gasteiger partial charge is 0.384 e. The third-order valence-corrected chi connectivity index (χ3v) is 3.30. The SMILES string of the molecule is CCOC(CNC(=O)C1CNc2ccccc21)OCC. The molecule has 5 heteroatoms. The molecule has 1 aliphatic heterocycles. The van der Waals surface area contributed by atoms with E-state index in [0.717, 1.165) is 11.3 Å². The number of anilines is 1. The summed E-state index contributed by atoms with van der Waals surface area (Å²) in [5.74, 6) is -0.137. The number of benzene rings is 1. The third kappa shape index (κ3) is 3.49. The van der Waals surface area contributed by atoms with Crippen molar-refractivity contribution in [2.45, 2.75) is 26.1 Å². The van der Waals surface area contributed by atoms with Crippen molar-refractivity contribution in [3.05, 3.63) is 29.8 Å². The van der Waals surface area contributed by atoms with E-state index in [1.165, 1.54) is 0 Å². The van der Waals surface area contributed by atoms with E-state index in [0.29, 0.717) is 26.3 Å². The van der Waals surface area contributed by atoms with Gasteiger partial charge in [0.15, 0.2) is 6.29 Å². The summed E-state index contributed by atoms with van der Waals surface area (Å²) < 4.78 is 10.8. The summed E-state index contributed by atoms with van der Waals surface area (Å²) in [5.41, 5.74) is 2.09. The van der Waals surface area contributed by atoms with Crippen LogP contribution in [0.3, 0.4) is 0 Å². The molecule has 20 heavy (non-hydrogen) atoms. The minimum absolute atomic E-state index is 0.00635. The lowest BCUT2D eigenvalue weighted by Gasteiger charge is -2.18. The lowest BCUT2D eigenvalue weighted by molar-refractivity contribution is -0.140. The van der Waals surface area contributed by atoms with E-state index in [1.807, 2.05) is 38.1 Å². The molecule has 0 spiro atoms. The average Bonchev–Trinajstić information content (AvgIpc) is 2.89. The maximum absolute atomic E-state index is 12.3. The number of hydrogen-bond donors (Lipinski definition) is 2. The summed E-state index contributed by atoms with van der Waals surface area (Å²) in [6, 6.07) is 7.90. The summed E-state index contributed by atoms with van der Waals surface area (Å²) in [4.78, 5) is 12.3. The minimum Gasteiger partial charge on any atom is -0.384 e. The smallest absolute Gasteiger partial charge is 0.229 e. The van der Waals surface area contributed by atoms with Crippen molar-refractivity contribution in [1.82, 2.24) is 5.32 Å². The molecule has 0 saturated carbocycles. The molecule has 1 aromatic rings. The van der Waals surface area contributed by atoms with E-state index in [4.69, 9.17) is 9.47 Å². The molecule has 0 radical (unpaired) electrons. The highest BCUT2D eigenvalue weighted by Gasteiger charge is 2.28. The molecule has 1 unspecified atom stereocenters. The first-order valence-electron chi connectivity index (χ1n) is 7.10. The van der Waals surface area contributed by atoms with Crippen molar-refractivity contribution < 1.29 is 14.3 Å². The average molecular weight is 278 g/mol. The van der Waals surface area contributed by atoms with Crippen LogP contribution in [-0.4, -0.2) is 38.5 Å². The fourth-order valence-corrected chi connectivity index (χ4v) is 2.36. The van der Waals surface area contributed by atoms with Crippen LogP contribution in [0.15, 0.2) is 24.3 Å². The molecular weight excluding hydrogens is 256 g/mol. The highest BCUT2D eigenvalue weighted by molar-refractivity contribution is 5.88. The number of amides is 1. The molecule has 1 aliphatic rings. The van der Waals surface area contributed by atoms with Crippen LogP contribution in [-0.2, 0) is 14.3 Å². The zero-order chi connectivity index (χ0) is 14.4. The predicted molar refractivity (Wildman–Crippen MR) is 77.7 cm³/mol. The lowest BCUT2D eigenvalue weighted by Crippen LogP contribution is -2.38. The van der Waals surface area contributed by atoms with Crippen LogP contribution in [0.5, 0.6) is 0 Å². The Kier molecular flexibility index (Phi) is 5.38. The van der Waals surface area contributed by atoms with Gasteiger partial charge in [-0.1, -0.05) is 18.2 Å². The molecule has 1 aromatic carbocycles. The summed E-state index contributed by atoms with van der Waals surface area (Å²) >= 11 is 0. The maximum Gasteiger partial charge on any atom is 0.229 e. The Morgan fingerprint density at radius 2 is 2.05 bits per heavy atom. The van der Waals surface area contributed by atoms with Crippen LogP contribution in [0.1, 0.15) is 25.3 Å². The lowest BCUT2D eigenvalue weighted by atomic mass is 10.0. The molecule has 5 nitrogen and oxygen atoms in total. The molecule has 1 amide bonds. The topological polar surface area (TPSA) is 59.6 Å². The standard InChI is InChI=1S/C15H22N2O3/c1-3-19-14(20-4-2)10-17-15(18)12-9-16-13-8-6-5-7-11(12)13/h5-8,12,14,16H,3-4,9-10H2,1-2H3,(H,17,18). The number of fused-ring (bicyclic) bond motifs is 1. The van der Waals surface area contributed by atoms with E-state index >= 15 is 0 Å². The van der Waals surface area contributed by atoms with Gasteiger partial charge in [-0.05, 0) is 25.5 Å². The van der Waals surface area contributed by atoms with Crippen LogP contribution in [0.4, 0.5) is 5.69 Å². The first-order chi connectivity index (χ1) is 9.76. The van der Waals surface area contributed by atoms with Gasteiger partial charge in [0.25, 0.3) is 0 Å². The second-order valence-electron chi connectivity index (χ2n) is 4.61. The summed E-state index contributed by atoms with van der Waals surface area (Å²) in [6.45, 7) is 5.96. The maximum atomic E-state index is 12.3. The Morgan fingerprint density at radius 1 is 1.35 bits per heavy atom. The highest BCUT2D eigenvalue weighted by atomic mass is 16.7. The molecule has 0 aromatic heterocycles. The van der Waals surface area contributed by atoms with Gasteiger partial charge in [0.2, 0.25) is 5.91 Å². The van der Waals surface area contributed by atoms with Gasteiger partial charge in [-0.3, -0.25) is 4.79 Å². The summed E-state index contributed by atoms with van der Waals surface area (Å²) in [5, 5.41) is 6.15. The van der Waals surface area contributed by atoms with Crippen molar-refractivity contribution in [2.75, 3.05) is 31.6 Å². The molecule has 0 bridgehead atoms. The molecule has 1 heterocycles. The quantitative estimate of drug-likeness (QED) is 0.746. The van der Waals surface area contributed by atoms with Gasteiger partial charge >= 0.3 is 0 Å². The third-order valence-electron chi connectivity index (χ3n) is 3.30. The first kappa shape index (κ1) is 14.8. The number of hydrogen-bond acceptors (Lipinski definition) is 4. The Balaban J connectivity index is 1.89. The van der Waals surface area contributed by atoms with E-state index in [-0.39, 0.29) is 18.1 Å². The first-order valence-corrected chi connectivity index (χ1v) is 7.10. The van der Waals surface area contributed by atoms with Gasteiger partial charge < -0.3 is 20.1 Å². The van der Waals surface area contributed by atoms with Crippen molar-refractivity contribution in [3.8, 4) is 0 Å². The van der Waals surface area contributed by atoms with Crippen LogP contribution < -0.4 is 10.6 Å². The molecule has 2 rings (SSSR count). The van der Waals surface area contributed by atoms with Gasteiger partial charge in [-0.15, -0.1) is 0 Å². The van der Waals surface area contributed by atoms with Gasteiger partial charge in [-0.2, -0.15) is 0 Å². The second kappa shape index (κ2) is 7.26. The zero-order valence-corrected chi connectivity index (χ0v) is 12.0. The molecule has 2 N–H and O–H groups in total. The molecular formula is C15H22N2O3. The van der Waals surface area contributed by atoms with Gasteiger partial charge in [-0.25, -0.2) is 0 Å². The van der Waals surface area contributed by atoms with Crippen molar-refractivity contribution in [1.29, 1.82) is 0 Å². The van der Waals surface area contributed by atoms with Crippen LogP contribution in [0.25, 0.3) is 0 Å². The van der Waals surface area contributed by atoms with Crippen LogP contribution in [0.2, 0.25) is 0 Å². The number of ether oxygens (including phenoxy) is 2. The molecule has 0 saturated heterocycles. The normalized spacial score (nSPS) is 16.9. The van der Waals surface area contributed by atoms with Crippen molar-refractivity contribution >= 4 is 11.6 Å². The molecule has 0 aliphatic carbocycles. The molecule has 0 fully saturated rings. The summed E-state index contributed by atoms with van der Waals surface area (Å²) in [6.07, 6.45) is -0.376. The van der Waals surface area contributed by atoms with Gasteiger partial charge in [0, 0.05) is 25.4 Å². The van der Waals surface area contributed by atoms with Crippen LogP contribution >= 0.6 is 0 Å². The van der Waals surface area contributed by atoms with Gasteiger partial charge in [0.1, 0.15) is 0 Å². The van der Waals surface area contributed by atoms with Crippen LogP contribution in [0, 0.1) is 0 Å². The predicted octanol–water partition coefficient (Wildman–Crippen LogP) is 1.71. The fraction of sp³-hybridized carbons (Fsp3) is 0.533. The zero-order valence-electron chi connectivity index (χ0n) is 12.0. The number of carbonyl (C=O) groups is 1. The number of para-hydroxylation sites is 1. The number of carbonyl (C=O) groups excluding carboxylic acids is 1.